The normalized spacial score (nSPS) is 8.27. The Morgan fingerprint density at radius 1 is 1.18 bits per heavy atom. The molecule has 0 radical (unpaired) electrons. The Balaban J connectivity index is 0.000000292. The van der Waals surface area contributed by atoms with E-state index >= 15 is 0 Å². The SMILES string of the molecule is ClCCl.Oc1ccc(Br)cc1. The fourth-order valence-electron chi connectivity index (χ4n) is 0.441. The lowest BCUT2D eigenvalue weighted by molar-refractivity contribution is 0.475. The van der Waals surface area contributed by atoms with Crippen molar-refractivity contribution in [1.82, 2.24) is 0 Å². The predicted octanol–water partition coefficient (Wildman–Crippen LogP) is 3.58. The number of benzene rings is 1. The van der Waals surface area contributed by atoms with Gasteiger partial charge >= 0.3 is 0 Å². The lowest BCUT2D eigenvalue weighted by atomic mass is 10.3. The summed E-state index contributed by atoms with van der Waals surface area (Å²) in [4.78, 5) is 0. The molecule has 0 aliphatic carbocycles. The lowest BCUT2D eigenvalue weighted by Crippen LogP contribution is -1.61. The highest BCUT2D eigenvalue weighted by molar-refractivity contribution is 9.10. The van der Waals surface area contributed by atoms with Crippen molar-refractivity contribution in [3.63, 3.8) is 0 Å². The lowest BCUT2D eigenvalue weighted by Gasteiger charge is -1.87. The molecule has 0 bridgehead atoms. The third-order valence-electron chi connectivity index (χ3n) is 0.827. The van der Waals surface area contributed by atoms with Crippen LogP contribution in [-0.2, 0) is 0 Å². The number of phenols is 1. The molecule has 4 heteroatoms. The second-order valence-corrected chi connectivity index (χ2v) is 3.30. The molecule has 1 aromatic rings. The van der Waals surface area contributed by atoms with Crippen LogP contribution < -0.4 is 0 Å². The number of hydrogen-bond donors (Lipinski definition) is 1. The number of hydrogen-bond acceptors (Lipinski definition) is 1. The molecule has 0 aromatic heterocycles. The highest BCUT2D eigenvalue weighted by Gasteiger charge is 1.83. The Morgan fingerprint density at radius 3 is 1.82 bits per heavy atom. The number of aromatic hydroxyl groups is 1. The van der Waals surface area contributed by atoms with E-state index in [-0.39, 0.29) is 5.34 Å². The molecule has 0 saturated carbocycles. The van der Waals surface area contributed by atoms with Crippen molar-refractivity contribution in [1.29, 1.82) is 0 Å². The van der Waals surface area contributed by atoms with Crippen LogP contribution in [0.1, 0.15) is 0 Å². The summed E-state index contributed by atoms with van der Waals surface area (Å²) in [6.07, 6.45) is 0. The largest absolute Gasteiger partial charge is 0.508 e. The minimum absolute atomic E-state index is 0.194. The van der Waals surface area contributed by atoms with Crippen LogP contribution in [0.4, 0.5) is 0 Å². The maximum absolute atomic E-state index is 8.74. The maximum Gasteiger partial charge on any atom is 0.115 e. The molecule has 0 atom stereocenters. The van der Waals surface area contributed by atoms with Crippen molar-refractivity contribution < 1.29 is 5.11 Å². The Kier molecular flexibility index (Phi) is 6.82. The van der Waals surface area contributed by atoms with Crippen LogP contribution in [0.25, 0.3) is 0 Å². The summed E-state index contributed by atoms with van der Waals surface area (Å²) in [6, 6.07) is 6.83. The number of phenolic OH excluding ortho intramolecular Hbond substituents is 1. The average molecular weight is 258 g/mol. The second kappa shape index (κ2) is 6.77. The molecule has 0 amide bonds. The Morgan fingerprint density at radius 2 is 1.55 bits per heavy atom. The van der Waals surface area contributed by atoms with E-state index in [4.69, 9.17) is 28.3 Å². The van der Waals surface area contributed by atoms with Crippen molar-refractivity contribution in [2.75, 3.05) is 5.34 Å². The van der Waals surface area contributed by atoms with Gasteiger partial charge in [0.2, 0.25) is 0 Å². The molecule has 0 heterocycles. The van der Waals surface area contributed by atoms with Gasteiger partial charge in [-0.15, -0.1) is 23.2 Å². The Hall–Kier alpha value is 0.0800. The molecule has 0 fully saturated rings. The van der Waals surface area contributed by atoms with Crippen molar-refractivity contribution in [3.8, 4) is 5.75 Å². The molecule has 0 spiro atoms. The number of alkyl halides is 2. The van der Waals surface area contributed by atoms with Gasteiger partial charge in [-0.3, -0.25) is 0 Å². The summed E-state index contributed by atoms with van der Waals surface area (Å²) in [5.74, 6) is 0.299. The van der Waals surface area contributed by atoms with E-state index < -0.39 is 0 Å². The molecule has 1 nitrogen and oxygen atoms in total. The summed E-state index contributed by atoms with van der Waals surface area (Å²) >= 11 is 12.8. The highest BCUT2D eigenvalue weighted by Crippen LogP contribution is 2.13. The molecule has 11 heavy (non-hydrogen) atoms. The summed E-state index contributed by atoms with van der Waals surface area (Å²) in [7, 11) is 0. The van der Waals surface area contributed by atoms with Gasteiger partial charge in [-0.05, 0) is 24.3 Å². The first-order chi connectivity index (χ1) is 5.20. The van der Waals surface area contributed by atoms with Crippen LogP contribution in [0, 0.1) is 0 Å². The fourth-order valence-corrected chi connectivity index (χ4v) is 0.705. The topological polar surface area (TPSA) is 20.2 Å². The monoisotopic (exact) mass is 256 g/mol. The van der Waals surface area contributed by atoms with Crippen LogP contribution in [0.3, 0.4) is 0 Å². The molecule has 1 N–H and O–H groups in total. The van der Waals surface area contributed by atoms with E-state index in [0.29, 0.717) is 5.75 Å². The van der Waals surface area contributed by atoms with Crippen molar-refractivity contribution in [2.45, 2.75) is 0 Å². The van der Waals surface area contributed by atoms with Gasteiger partial charge in [0.25, 0.3) is 0 Å². The molecule has 0 saturated heterocycles. The van der Waals surface area contributed by atoms with Gasteiger partial charge in [-0.25, -0.2) is 0 Å². The molecule has 1 rings (SSSR count). The summed E-state index contributed by atoms with van der Waals surface area (Å²) in [5.41, 5.74) is 0. The smallest absolute Gasteiger partial charge is 0.115 e. The van der Waals surface area contributed by atoms with Crippen LogP contribution in [0.5, 0.6) is 5.75 Å². The molecule has 0 aliphatic heterocycles. The van der Waals surface area contributed by atoms with E-state index in [1.807, 2.05) is 0 Å². The first-order valence-corrected chi connectivity index (χ1v) is 4.63. The van der Waals surface area contributed by atoms with E-state index in [9.17, 15) is 0 Å². The second-order valence-electron chi connectivity index (χ2n) is 1.58. The molecule has 1 aromatic carbocycles. The molecule has 0 aliphatic rings. The summed E-state index contributed by atoms with van der Waals surface area (Å²) in [5, 5.41) is 8.93. The van der Waals surface area contributed by atoms with Gasteiger partial charge in [0, 0.05) is 4.47 Å². The van der Waals surface area contributed by atoms with Gasteiger partial charge in [-0.1, -0.05) is 15.9 Å². The van der Waals surface area contributed by atoms with Crippen molar-refractivity contribution in [2.24, 2.45) is 0 Å². The van der Waals surface area contributed by atoms with Crippen molar-refractivity contribution in [3.05, 3.63) is 28.7 Å². The Bertz CT molecular complexity index is 167. The van der Waals surface area contributed by atoms with E-state index in [2.05, 4.69) is 15.9 Å². The molecule has 62 valence electrons. The zero-order valence-electron chi connectivity index (χ0n) is 5.60. The summed E-state index contributed by atoms with van der Waals surface area (Å²) in [6.45, 7) is 0. The van der Waals surface area contributed by atoms with Gasteiger partial charge in [-0.2, -0.15) is 0 Å². The molecule has 0 unspecified atom stereocenters. The van der Waals surface area contributed by atoms with E-state index in [1.165, 1.54) is 0 Å². The first kappa shape index (κ1) is 11.1. The molecular weight excluding hydrogens is 251 g/mol. The highest BCUT2D eigenvalue weighted by atomic mass is 79.9. The number of rotatable bonds is 0. The van der Waals surface area contributed by atoms with Crippen molar-refractivity contribution >= 4 is 39.1 Å². The van der Waals surface area contributed by atoms with Crippen LogP contribution in [-0.4, -0.2) is 10.4 Å². The van der Waals surface area contributed by atoms with Gasteiger partial charge < -0.3 is 5.11 Å². The zero-order valence-corrected chi connectivity index (χ0v) is 8.70. The maximum atomic E-state index is 8.74. The van der Waals surface area contributed by atoms with Crippen LogP contribution >= 0.6 is 39.1 Å². The third-order valence-corrected chi connectivity index (χ3v) is 1.36. The molecular formula is C7H7BrCl2O. The van der Waals surface area contributed by atoms with Crippen LogP contribution in [0.2, 0.25) is 0 Å². The van der Waals surface area contributed by atoms with Gasteiger partial charge in [0.1, 0.15) is 5.75 Å². The summed E-state index contributed by atoms with van der Waals surface area (Å²) < 4.78 is 0.982. The van der Waals surface area contributed by atoms with Crippen LogP contribution in [0.15, 0.2) is 28.7 Å². The predicted molar refractivity (Wildman–Crippen MR) is 52.4 cm³/mol. The van der Waals surface area contributed by atoms with E-state index in [1.54, 1.807) is 24.3 Å². The minimum atomic E-state index is 0.194. The van der Waals surface area contributed by atoms with Gasteiger partial charge in [0.05, 0.1) is 5.34 Å². The first-order valence-electron chi connectivity index (χ1n) is 2.77. The average Bonchev–Trinajstić information content (AvgIpc) is 1.97. The third kappa shape index (κ3) is 6.48. The fraction of sp³-hybridized carbons (Fsp3) is 0.143. The standard InChI is InChI=1S/C6H5BrO.CH2Cl2/c7-5-1-3-6(8)4-2-5;2-1-3/h1-4,8H;1H2. The number of halogens is 3. The Labute approximate surface area is 84.1 Å². The zero-order chi connectivity index (χ0) is 8.69. The van der Waals surface area contributed by atoms with E-state index in [0.717, 1.165) is 4.47 Å². The van der Waals surface area contributed by atoms with Gasteiger partial charge in [0.15, 0.2) is 0 Å². The quantitative estimate of drug-likeness (QED) is 0.705. The minimum Gasteiger partial charge on any atom is -0.508 e.